The van der Waals surface area contributed by atoms with Gasteiger partial charge in [0, 0.05) is 0 Å². The molecule has 0 heterocycles. The minimum absolute atomic E-state index is 0.234. The normalized spacial score (nSPS) is 11.7. The van der Waals surface area contributed by atoms with Gasteiger partial charge in [-0.25, -0.2) is 0 Å². The SMILES string of the molecule is CCc1cccc(CCC(Br)(Br)Br)c1O. The van der Waals surface area contributed by atoms with Gasteiger partial charge in [0.25, 0.3) is 0 Å². The number of phenols is 1. The smallest absolute Gasteiger partial charge is 0.135 e. The molecule has 1 N–H and O–H groups in total. The molecule has 0 saturated carbocycles. The van der Waals surface area contributed by atoms with E-state index in [0.29, 0.717) is 5.75 Å². The first-order valence-electron chi connectivity index (χ1n) is 4.80. The summed E-state index contributed by atoms with van der Waals surface area (Å²) in [7, 11) is 0. The summed E-state index contributed by atoms with van der Waals surface area (Å²) in [5.41, 5.74) is 2.01. The van der Waals surface area contributed by atoms with Crippen LogP contribution in [0, 0.1) is 0 Å². The number of para-hydroxylation sites is 1. The molecule has 0 unspecified atom stereocenters. The maximum absolute atomic E-state index is 9.94. The minimum atomic E-state index is -0.234. The summed E-state index contributed by atoms with van der Waals surface area (Å²) in [6, 6.07) is 5.92. The lowest BCUT2D eigenvalue weighted by molar-refractivity contribution is 0.461. The van der Waals surface area contributed by atoms with Crippen molar-refractivity contribution in [3.05, 3.63) is 29.3 Å². The van der Waals surface area contributed by atoms with Crippen LogP contribution in [0.1, 0.15) is 24.5 Å². The minimum Gasteiger partial charge on any atom is -0.507 e. The molecular formula is C11H13Br3O. The van der Waals surface area contributed by atoms with Crippen LogP contribution >= 0.6 is 47.8 Å². The standard InChI is InChI=1S/C11H13Br3O/c1-2-8-4-3-5-9(10(8)15)6-7-11(12,13)14/h3-5,15H,2,6-7H2,1H3. The summed E-state index contributed by atoms with van der Waals surface area (Å²) in [5, 5.41) is 9.94. The Morgan fingerprint density at radius 2 is 1.80 bits per heavy atom. The first kappa shape index (κ1) is 13.5. The molecule has 15 heavy (non-hydrogen) atoms. The lowest BCUT2D eigenvalue weighted by atomic mass is 10.0. The molecule has 4 heteroatoms. The lowest BCUT2D eigenvalue weighted by Crippen LogP contribution is -2.02. The van der Waals surface area contributed by atoms with Gasteiger partial charge in [-0.05, 0) is 30.4 Å². The molecular weight excluding hydrogens is 388 g/mol. The summed E-state index contributed by atoms with van der Waals surface area (Å²) >= 11 is 10.3. The molecule has 1 rings (SSSR count). The van der Waals surface area contributed by atoms with Crippen LogP contribution in [-0.2, 0) is 12.8 Å². The van der Waals surface area contributed by atoms with E-state index in [-0.39, 0.29) is 2.14 Å². The number of hydrogen-bond acceptors (Lipinski definition) is 1. The van der Waals surface area contributed by atoms with E-state index in [1.165, 1.54) is 0 Å². The first-order chi connectivity index (χ1) is 6.94. The Kier molecular flexibility index (Phi) is 5.13. The highest BCUT2D eigenvalue weighted by atomic mass is 80.0. The van der Waals surface area contributed by atoms with Crippen molar-refractivity contribution >= 4 is 47.8 Å². The van der Waals surface area contributed by atoms with Gasteiger partial charge >= 0.3 is 0 Å². The van der Waals surface area contributed by atoms with Crippen molar-refractivity contribution in [2.24, 2.45) is 0 Å². The molecule has 84 valence electrons. The second-order valence-electron chi connectivity index (χ2n) is 3.39. The van der Waals surface area contributed by atoms with Crippen LogP contribution in [0.15, 0.2) is 18.2 Å². The first-order valence-corrected chi connectivity index (χ1v) is 7.18. The van der Waals surface area contributed by atoms with Crippen molar-refractivity contribution in [3.63, 3.8) is 0 Å². The monoisotopic (exact) mass is 398 g/mol. The number of benzene rings is 1. The number of rotatable bonds is 3. The highest BCUT2D eigenvalue weighted by Crippen LogP contribution is 2.39. The molecule has 0 bridgehead atoms. The average Bonchev–Trinajstić information content (AvgIpc) is 2.15. The van der Waals surface area contributed by atoms with E-state index >= 15 is 0 Å². The Morgan fingerprint density at radius 1 is 1.20 bits per heavy atom. The fourth-order valence-electron chi connectivity index (χ4n) is 1.41. The summed E-state index contributed by atoms with van der Waals surface area (Å²) in [4.78, 5) is 0. The zero-order chi connectivity index (χ0) is 11.5. The largest absolute Gasteiger partial charge is 0.507 e. The Bertz CT molecular complexity index is 331. The summed E-state index contributed by atoms with van der Waals surface area (Å²) in [5.74, 6) is 0.441. The molecule has 0 amide bonds. The van der Waals surface area contributed by atoms with E-state index in [0.717, 1.165) is 30.4 Å². The molecule has 0 aromatic heterocycles. The second kappa shape index (κ2) is 5.69. The Labute approximate surface area is 116 Å². The highest BCUT2D eigenvalue weighted by Gasteiger charge is 2.18. The van der Waals surface area contributed by atoms with E-state index in [4.69, 9.17) is 0 Å². The van der Waals surface area contributed by atoms with Crippen LogP contribution in [0.4, 0.5) is 0 Å². The van der Waals surface area contributed by atoms with Gasteiger partial charge in [0.15, 0.2) is 0 Å². The van der Waals surface area contributed by atoms with Gasteiger partial charge in [0.05, 0.1) is 0 Å². The van der Waals surface area contributed by atoms with Gasteiger partial charge in [-0.3, -0.25) is 0 Å². The molecule has 0 saturated heterocycles. The van der Waals surface area contributed by atoms with Crippen molar-refractivity contribution < 1.29 is 5.11 Å². The molecule has 0 aliphatic heterocycles. The van der Waals surface area contributed by atoms with Crippen molar-refractivity contribution in [2.45, 2.75) is 28.3 Å². The quantitative estimate of drug-likeness (QED) is 0.727. The fraction of sp³-hybridized carbons (Fsp3) is 0.455. The molecule has 0 aliphatic carbocycles. The predicted molar refractivity (Wildman–Crippen MR) is 75.3 cm³/mol. The number of halogens is 3. The van der Waals surface area contributed by atoms with Crippen LogP contribution in [-0.4, -0.2) is 7.25 Å². The van der Waals surface area contributed by atoms with Crippen LogP contribution in [0.3, 0.4) is 0 Å². The Balaban J connectivity index is 2.78. The van der Waals surface area contributed by atoms with Crippen LogP contribution in [0.25, 0.3) is 0 Å². The van der Waals surface area contributed by atoms with E-state index in [1.807, 2.05) is 25.1 Å². The highest BCUT2D eigenvalue weighted by molar-refractivity contribution is 9.39. The van der Waals surface area contributed by atoms with Crippen molar-refractivity contribution in [2.75, 3.05) is 0 Å². The van der Waals surface area contributed by atoms with Crippen LogP contribution < -0.4 is 0 Å². The number of phenolic OH excluding ortho intramolecular Hbond substituents is 1. The number of aryl methyl sites for hydroxylation is 2. The maximum Gasteiger partial charge on any atom is 0.135 e. The summed E-state index contributed by atoms with van der Waals surface area (Å²) < 4.78 is -0.234. The molecule has 1 aromatic carbocycles. The van der Waals surface area contributed by atoms with Crippen molar-refractivity contribution in [1.82, 2.24) is 0 Å². The molecule has 0 radical (unpaired) electrons. The fourth-order valence-corrected chi connectivity index (χ4v) is 2.00. The van der Waals surface area contributed by atoms with E-state index in [2.05, 4.69) is 47.8 Å². The van der Waals surface area contributed by atoms with Gasteiger partial charge < -0.3 is 5.11 Å². The third kappa shape index (κ3) is 4.45. The molecule has 0 spiro atoms. The summed E-state index contributed by atoms with van der Waals surface area (Å²) in [6.07, 6.45) is 2.54. The van der Waals surface area contributed by atoms with Gasteiger partial charge in [-0.2, -0.15) is 0 Å². The third-order valence-electron chi connectivity index (χ3n) is 2.26. The molecule has 1 aromatic rings. The van der Waals surface area contributed by atoms with Crippen LogP contribution in [0.5, 0.6) is 5.75 Å². The van der Waals surface area contributed by atoms with Gasteiger partial charge in [-0.15, -0.1) is 0 Å². The average molecular weight is 401 g/mol. The second-order valence-corrected chi connectivity index (χ2v) is 10.6. The van der Waals surface area contributed by atoms with Gasteiger partial charge in [0.2, 0.25) is 0 Å². The Hall–Kier alpha value is 0.460. The number of hydrogen-bond donors (Lipinski definition) is 1. The third-order valence-corrected chi connectivity index (χ3v) is 3.45. The van der Waals surface area contributed by atoms with Crippen LogP contribution in [0.2, 0.25) is 0 Å². The van der Waals surface area contributed by atoms with Gasteiger partial charge in [0.1, 0.15) is 7.89 Å². The maximum atomic E-state index is 9.94. The Morgan fingerprint density at radius 3 is 2.33 bits per heavy atom. The topological polar surface area (TPSA) is 20.2 Å². The number of alkyl halides is 3. The molecule has 0 aliphatic rings. The number of aromatic hydroxyl groups is 1. The van der Waals surface area contributed by atoms with E-state index in [1.54, 1.807) is 0 Å². The van der Waals surface area contributed by atoms with E-state index < -0.39 is 0 Å². The van der Waals surface area contributed by atoms with Crippen molar-refractivity contribution in [1.29, 1.82) is 0 Å². The summed E-state index contributed by atoms with van der Waals surface area (Å²) in [6.45, 7) is 2.04. The molecule has 0 fully saturated rings. The lowest BCUT2D eigenvalue weighted by Gasteiger charge is -2.13. The predicted octanol–water partition coefficient (Wildman–Crippen LogP) is 4.73. The zero-order valence-corrected chi connectivity index (χ0v) is 13.2. The van der Waals surface area contributed by atoms with Crippen molar-refractivity contribution in [3.8, 4) is 5.75 Å². The van der Waals surface area contributed by atoms with Gasteiger partial charge in [-0.1, -0.05) is 72.9 Å². The molecule has 0 atom stereocenters. The molecule has 1 nitrogen and oxygen atoms in total. The zero-order valence-electron chi connectivity index (χ0n) is 8.43. The van der Waals surface area contributed by atoms with E-state index in [9.17, 15) is 5.11 Å².